The molecule has 0 amide bonds. The van der Waals surface area contributed by atoms with Crippen molar-refractivity contribution in [3.05, 3.63) is 24.5 Å². The first-order valence-corrected chi connectivity index (χ1v) is 6.57. The maximum atomic E-state index is 6.11. The van der Waals surface area contributed by atoms with Crippen LogP contribution in [0.3, 0.4) is 0 Å². The molecule has 0 aromatic carbocycles. The van der Waals surface area contributed by atoms with Gasteiger partial charge >= 0.3 is 0 Å². The summed E-state index contributed by atoms with van der Waals surface area (Å²) in [7, 11) is 0. The first-order valence-electron chi connectivity index (χ1n) is 6.57. The number of piperidine rings is 1. The van der Waals surface area contributed by atoms with Crippen molar-refractivity contribution >= 4 is 5.95 Å². The minimum absolute atomic E-state index is 0.189. The average Bonchev–Trinajstić information content (AvgIpc) is 2.93. The number of pyridine rings is 1. The van der Waals surface area contributed by atoms with Crippen LogP contribution >= 0.6 is 0 Å². The number of hydrogen-bond acceptors (Lipinski definition) is 5. The third-order valence-corrected chi connectivity index (χ3v) is 3.71. The summed E-state index contributed by atoms with van der Waals surface area (Å²) < 4.78 is 0. The normalized spacial score (nSPS) is 23.6. The van der Waals surface area contributed by atoms with Gasteiger partial charge in [0.15, 0.2) is 5.82 Å². The highest BCUT2D eigenvalue weighted by molar-refractivity contribution is 5.54. The average molecular weight is 258 g/mol. The Hall–Kier alpha value is -1.95. The predicted octanol–water partition coefficient (Wildman–Crippen LogP) is 1.04. The van der Waals surface area contributed by atoms with Crippen molar-refractivity contribution in [2.75, 3.05) is 18.0 Å². The van der Waals surface area contributed by atoms with Crippen molar-refractivity contribution in [1.29, 1.82) is 0 Å². The molecule has 1 saturated heterocycles. The zero-order valence-electron chi connectivity index (χ0n) is 11.0. The molecule has 0 saturated carbocycles. The van der Waals surface area contributed by atoms with Gasteiger partial charge in [-0.2, -0.15) is 4.98 Å². The highest BCUT2D eigenvalue weighted by atomic mass is 15.4. The Kier molecular flexibility index (Phi) is 3.16. The summed E-state index contributed by atoms with van der Waals surface area (Å²) in [5.74, 6) is 2.03. The molecule has 6 nitrogen and oxygen atoms in total. The summed E-state index contributed by atoms with van der Waals surface area (Å²) >= 11 is 0. The molecule has 3 heterocycles. The lowest BCUT2D eigenvalue weighted by Crippen LogP contribution is -2.48. The van der Waals surface area contributed by atoms with Gasteiger partial charge in [-0.15, -0.1) is 5.10 Å². The van der Waals surface area contributed by atoms with Gasteiger partial charge in [-0.1, -0.05) is 6.92 Å². The zero-order chi connectivity index (χ0) is 13.2. The van der Waals surface area contributed by atoms with E-state index < -0.39 is 0 Å². The molecule has 0 radical (unpaired) electrons. The van der Waals surface area contributed by atoms with E-state index in [0.29, 0.717) is 5.92 Å². The van der Waals surface area contributed by atoms with Gasteiger partial charge < -0.3 is 10.6 Å². The van der Waals surface area contributed by atoms with Gasteiger partial charge in [0.2, 0.25) is 5.95 Å². The van der Waals surface area contributed by atoms with Gasteiger partial charge in [0.1, 0.15) is 0 Å². The number of hydrogen-bond donors (Lipinski definition) is 2. The highest BCUT2D eigenvalue weighted by Crippen LogP contribution is 2.21. The Balaban J connectivity index is 1.79. The first kappa shape index (κ1) is 12.1. The third-order valence-electron chi connectivity index (χ3n) is 3.71. The van der Waals surface area contributed by atoms with Crippen molar-refractivity contribution in [1.82, 2.24) is 20.2 Å². The highest BCUT2D eigenvalue weighted by Gasteiger charge is 2.25. The van der Waals surface area contributed by atoms with E-state index in [-0.39, 0.29) is 6.04 Å². The molecule has 3 rings (SSSR count). The molecular weight excluding hydrogens is 240 g/mol. The fraction of sp³-hybridized carbons (Fsp3) is 0.462. The molecule has 6 heteroatoms. The Morgan fingerprint density at radius 2 is 2.37 bits per heavy atom. The molecule has 2 unspecified atom stereocenters. The number of H-pyrrole nitrogens is 1. The fourth-order valence-corrected chi connectivity index (χ4v) is 2.31. The number of nitrogens with two attached hydrogens (primary N) is 1. The van der Waals surface area contributed by atoms with Crippen molar-refractivity contribution in [3.8, 4) is 11.4 Å². The summed E-state index contributed by atoms with van der Waals surface area (Å²) in [6.45, 7) is 3.96. The van der Waals surface area contributed by atoms with E-state index in [9.17, 15) is 0 Å². The molecular formula is C13H18N6. The number of rotatable bonds is 2. The van der Waals surface area contributed by atoms with E-state index in [2.05, 4.69) is 32.0 Å². The minimum atomic E-state index is 0.189. The molecule has 1 aliphatic rings. The number of nitrogens with zero attached hydrogens (tertiary/aromatic N) is 4. The summed E-state index contributed by atoms with van der Waals surface area (Å²) in [6.07, 6.45) is 4.60. The zero-order valence-corrected chi connectivity index (χ0v) is 11.0. The van der Waals surface area contributed by atoms with Gasteiger partial charge in [-0.3, -0.25) is 10.1 Å². The van der Waals surface area contributed by atoms with Crippen LogP contribution in [-0.4, -0.2) is 39.3 Å². The van der Waals surface area contributed by atoms with Crippen LogP contribution in [0.2, 0.25) is 0 Å². The quantitative estimate of drug-likeness (QED) is 0.841. The van der Waals surface area contributed by atoms with Crippen LogP contribution in [0, 0.1) is 5.92 Å². The number of anilines is 1. The van der Waals surface area contributed by atoms with Crippen molar-refractivity contribution in [2.24, 2.45) is 11.7 Å². The molecule has 100 valence electrons. The fourth-order valence-electron chi connectivity index (χ4n) is 2.31. The summed E-state index contributed by atoms with van der Waals surface area (Å²) in [6, 6.07) is 4.03. The minimum Gasteiger partial charge on any atom is -0.338 e. The molecule has 19 heavy (non-hydrogen) atoms. The monoisotopic (exact) mass is 258 g/mol. The predicted molar refractivity (Wildman–Crippen MR) is 73.6 cm³/mol. The van der Waals surface area contributed by atoms with E-state index in [0.717, 1.165) is 36.8 Å². The van der Waals surface area contributed by atoms with E-state index in [4.69, 9.17) is 5.73 Å². The smallest absolute Gasteiger partial charge is 0.245 e. The summed E-state index contributed by atoms with van der Waals surface area (Å²) in [5, 5.41) is 7.24. The van der Waals surface area contributed by atoms with Crippen LogP contribution in [0.15, 0.2) is 24.5 Å². The molecule has 2 aromatic rings. The van der Waals surface area contributed by atoms with Crippen LogP contribution in [-0.2, 0) is 0 Å². The van der Waals surface area contributed by atoms with Gasteiger partial charge in [0.05, 0.1) is 0 Å². The number of aromatic nitrogens is 4. The van der Waals surface area contributed by atoms with E-state index in [1.165, 1.54) is 0 Å². The van der Waals surface area contributed by atoms with Gasteiger partial charge in [0.25, 0.3) is 0 Å². The molecule has 1 fully saturated rings. The van der Waals surface area contributed by atoms with E-state index in [1.54, 1.807) is 12.4 Å². The van der Waals surface area contributed by atoms with Crippen LogP contribution in [0.4, 0.5) is 5.95 Å². The van der Waals surface area contributed by atoms with Gasteiger partial charge in [-0.05, 0) is 24.5 Å². The van der Waals surface area contributed by atoms with Crippen LogP contribution in [0.1, 0.15) is 13.3 Å². The lowest BCUT2D eigenvalue weighted by atomic mass is 9.95. The van der Waals surface area contributed by atoms with Crippen molar-refractivity contribution in [2.45, 2.75) is 19.4 Å². The van der Waals surface area contributed by atoms with Crippen LogP contribution in [0.5, 0.6) is 0 Å². The molecule has 2 aromatic heterocycles. The van der Waals surface area contributed by atoms with Crippen molar-refractivity contribution in [3.63, 3.8) is 0 Å². The Morgan fingerprint density at radius 1 is 1.47 bits per heavy atom. The Morgan fingerprint density at radius 3 is 3.11 bits per heavy atom. The molecule has 1 aliphatic heterocycles. The standard InChI is InChI=1S/C13H18N6/c1-9-4-6-19(8-11(9)14)13-16-12(17-18-13)10-3-2-5-15-7-10/h2-3,5,7,9,11H,4,6,8,14H2,1H3,(H,16,17,18). The van der Waals surface area contributed by atoms with Crippen LogP contribution in [0.25, 0.3) is 11.4 Å². The number of aromatic amines is 1. The Bertz CT molecular complexity index is 537. The SMILES string of the molecule is CC1CCN(c2n[nH]c(-c3cccnc3)n2)CC1N. The Labute approximate surface area is 112 Å². The molecule has 0 spiro atoms. The molecule has 0 bridgehead atoms. The maximum absolute atomic E-state index is 6.11. The van der Waals surface area contributed by atoms with Crippen LogP contribution < -0.4 is 10.6 Å². The van der Waals surface area contributed by atoms with E-state index in [1.807, 2.05) is 12.1 Å². The van der Waals surface area contributed by atoms with Gasteiger partial charge in [-0.25, -0.2) is 0 Å². The summed E-state index contributed by atoms with van der Waals surface area (Å²) in [5.41, 5.74) is 7.05. The molecule has 3 N–H and O–H groups in total. The molecule has 2 atom stereocenters. The summed E-state index contributed by atoms with van der Waals surface area (Å²) in [4.78, 5) is 10.8. The maximum Gasteiger partial charge on any atom is 0.245 e. The topological polar surface area (TPSA) is 83.7 Å². The lowest BCUT2D eigenvalue weighted by Gasteiger charge is -2.34. The second kappa shape index (κ2) is 4.97. The molecule has 0 aliphatic carbocycles. The third kappa shape index (κ3) is 2.44. The first-order chi connectivity index (χ1) is 9.24. The van der Waals surface area contributed by atoms with Crippen molar-refractivity contribution < 1.29 is 0 Å². The largest absolute Gasteiger partial charge is 0.338 e. The second-order valence-electron chi connectivity index (χ2n) is 5.10. The lowest BCUT2D eigenvalue weighted by molar-refractivity contribution is 0.376. The van der Waals surface area contributed by atoms with Gasteiger partial charge in [0, 0.05) is 37.1 Å². The second-order valence-corrected chi connectivity index (χ2v) is 5.10. The number of nitrogens with one attached hydrogen (secondary N) is 1. The van der Waals surface area contributed by atoms with E-state index >= 15 is 0 Å².